The van der Waals surface area contributed by atoms with Crippen LogP contribution in [0.15, 0.2) is 24.3 Å². The first-order valence-electron chi connectivity index (χ1n) is 11.3. The number of benzene rings is 1. The molecule has 1 aliphatic rings. The highest BCUT2D eigenvalue weighted by atomic mass is 35.8. The van der Waals surface area contributed by atoms with Gasteiger partial charge in [-0.1, -0.05) is 64.0 Å². The first kappa shape index (κ1) is 24.4. The van der Waals surface area contributed by atoms with E-state index in [0.717, 1.165) is 24.0 Å². The van der Waals surface area contributed by atoms with Gasteiger partial charge < -0.3 is 4.74 Å². The van der Waals surface area contributed by atoms with Crippen molar-refractivity contribution in [1.29, 1.82) is 0 Å². The lowest BCUT2D eigenvalue weighted by molar-refractivity contribution is 0.301. The minimum absolute atomic E-state index is 0.615. The van der Waals surface area contributed by atoms with Crippen molar-refractivity contribution in [2.45, 2.75) is 95.9 Å². The molecule has 0 bridgehead atoms. The topological polar surface area (TPSA) is 9.23 Å². The van der Waals surface area contributed by atoms with E-state index in [-0.39, 0.29) is 0 Å². The van der Waals surface area contributed by atoms with E-state index >= 15 is 0 Å². The second-order valence-corrected chi connectivity index (χ2v) is 17.7. The van der Waals surface area contributed by atoms with E-state index in [0.29, 0.717) is 12.7 Å². The van der Waals surface area contributed by atoms with Gasteiger partial charge in [0, 0.05) is 0 Å². The lowest BCUT2D eigenvalue weighted by Gasteiger charge is -2.29. The summed E-state index contributed by atoms with van der Waals surface area (Å²) in [7, 11) is 0. The molecule has 1 fully saturated rings. The van der Waals surface area contributed by atoms with E-state index in [1.54, 1.807) is 0 Å². The zero-order valence-corrected chi connectivity index (χ0v) is 20.7. The van der Waals surface area contributed by atoms with Gasteiger partial charge >= 0.3 is 6.00 Å². The molecule has 1 nitrogen and oxygen atoms in total. The van der Waals surface area contributed by atoms with Gasteiger partial charge in [-0.15, -0.1) is 33.2 Å². The molecule has 0 aromatic heterocycles. The van der Waals surface area contributed by atoms with Gasteiger partial charge in [-0.2, -0.15) is 0 Å². The molecule has 28 heavy (non-hydrogen) atoms. The Balaban J connectivity index is 1.61. The fraction of sp³-hybridized carbons (Fsp3) is 0.739. The molecule has 1 aromatic rings. The number of hydrogen-bond acceptors (Lipinski definition) is 1. The molecule has 0 atom stereocenters. The quantitative estimate of drug-likeness (QED) is 0.161. The van der Waals surface area contributed by atoms with Crippen molar-refractivity contribution in [3.05, 3.63) is 29.8 Å². The monoisotopic (exact) mass is 462 g/mol. The third-order valence-electron chi connectivity index (χ3n) is 6.04. The van der Waals surface area contributed by atoms with Crippen molar-refractivity contribution in [3.63, 3.8) is 0 Å². The predicted molar refractivity (Wildman–Crippen MR) is 127 cm³/mol. The third-order valence-corrected chi connectivity index (χ3v) is 8.66. The molecule has 0 radical (unpaired) electrons. The van der Waals surface area contributed by atoms with Crippen LogP contribution in [-0.2, 0) is 0 Å². The van der Waals surface area contributed by atoms with E-state index in [1.807, 2.05) is 0 Å². The Bertz CT molecular complexity index is 522. The fourth-order valence-electron chi connectivity index (χ4n) is 4.30. The van der Waals surface area contributed by atoms with Crippen LogP contribution in [0, 0.1) is 5.92 Å². The second kappa shape index (κ2) is 13.4. The summed E-state index contributed by atoms with van der Waals surface area (Å²) in [6.07, 6.45) is 16.2. The van der Waals surface area contributed by atoms with E-state index in [1.165, 1.54) is 76.2 Å². The highest BCUT2D eigenvalue weighted by molar-refractivity contribution is 7.64. The van der Waals surface area contributed by atoms with Crippen LogP contribution in [0.2, 0.25) is 6.04 Å². The standard InChI is InChI=1S/C23H37Cl3OSi/c1-2-3-4-5-6-7-9-20-10-12-21(13-11-20)22-14-16-23(17-15-22)27-18-8-19-28(24,25)26/h14-17,20-21H,2-13,18-19H2,1H3. The zero-order chi connectivity index (χ0) is 20.2. The molecule has 160 valence electrons. The molecule has 0 saturated heterocycles. The first-order chi connectivity index (χ1) is 13.5. The number of hydrogen-bond donors (Lipinski definition) is 0. The van der Waals surface area contributed by atoms with Crippen LogP contribution in [-0.4, -0.2) is 12.6 Å². The van der Waals surface area contributed by atoms with Crippen LogP contribution in [0.3, 0.4) is 0 Å². The molecule has 0 aliphatic heterocycles. The maximum atomic E-state index is 5.90. The number of ether oxygens (including phenoxy) is 1. The number of halogens is 3. The third kappa shape index (κ3) is 10.2. The van der Waals surface area contributed by atoms with Crippen LogP contribution in [0.4, 0.5) is 0 Å². The van der Waals surface area contributed by atoms with Crippen molar-refractivity contribution < 1.29 is 4.74 Å². The normalized spacial score (nSPS) is 20.3. The Kier molecular flexibility index (Phi) is 11.7. The van der Waals surface area contributed by atoms with Gasteiger partial charge in [-0.3, -0.25) is 0 Å². The van der Waals surface area contributed by atoms with Gasteiger partial charge in [0.05, 0.1) is 6.61 Å². The first-order valence-corrected chi connectivity index (χ1v) is 16.5. The molecule has 0 amide bonds. The summed E-state index contributed by atoms with van der Waals surface area (Å²) in [6.45, 7) is 2.90. The Morgan fingerprint density at radius 2 is 1.50 bits per heavy atom. The summed E-state index contributed by atoms with van der Waals surface area (Å²) in [4.78, 5) is 0. The largest absolute Gasteiger partial charge is 0.494 e. The minimum atomic E-state index is -2.51. The van der Waals surface area contributed by atoms with Crippen LogP contribution >= 0.6 is 33.2 Å². The molecule has 0 heterocycles. The predicted octanol–water partition coefficient (Wildman–Crippen LogP) is 9.14. The molecule has 1 saturated carbocycles. The number of unbranched alkanes of at least 4 members (excludes halogenated alkanes) is 5. The van der Waals surface area contributed by atoms with E-state index < -0.39 is 6.00 Å². The average Bonchev–Trinajstić information content (AvgIpc) is 2.68. The Labute approximate surface area is 187 Å². The van der Waals surface area contributed by atoms with Crippen LogP contribution < -0.4 is 4.74 Å². The molecule has 0 N–H and O–H groups in total. The van der Waals surface area contributed by atoms with Gasteiger partial charge in [-0.05, 0) is 67.7 Å². The summed E-state index contributed by atoms with van der Waals surface area (Å²) < 4.78 is 5.79. The summed E-state index contributed by atoms with van der Waals surface area (Å²) in [5, 5.41) is 0. The molecular weight excluding hydrogens is 427 g/mol. The van der Waals surface area contributed by atoms with Gasteiger partial charge in [0.15, 0.2) is 0 Å². The molecule has 0 unspecified atom stereocenters. The van der Waals surface area contributed by atoms with Gasteiger partial charge in [0.25, 0.3) is 0 Å². The lowest BCUT2D eigenvalue weighted by Crippen LogP contribution is -2.13. The van der Waals surface area contributed by atoms with Crippen molar-refractivity contribution in [2.24, 2.45) is 5.92 Å². The maximum Gasteiger partial charge on any atom is 0.341 e. The second-order valence-electron chi connectivity index (χ2n) is 8.41. The van der Waals surface area contributed by atoms with Gasteiger partial charge in [-0.25, -0.2) is 0 Å². The van der Waals surface area contributed by atoms with Gasteiger partial charge in [0.2, 0.25) is 0 Å². The maximum absolute atomic E-state index is 5.90. The lowest BCUT2D eigenvalue weighted by atomic mass is 9.77. The smallest absolute Gasteiger partial charge is 0.341 e. The van der Waals surface area contributed by atoms with Crippen LogP contribution in [0.25, 0.3) is 0 Å². The fourth-order valence-corrected chi connectivity index (χ4v) is 6.04. The number of rotatable bonds is 13. The van der Waals surface area contributed by atoms with Crippen LogP contribution in [0.1, 0.15) is 95.5 Å². The van der Waals surface area contributed by atoms with E-state index in [9.17, 15) is 0 Å². The van der Waals surface area contributed by atoms with Crippen molar-refractivity contribution in [1.82, 2.24) is 0 Å². The van der Waals surface area contributed by atoms with E-state index in [4.69, 9.17) is 38.0 Å². The average molecular weight is 464 g/mol. The van der Waals surface area contributed by atoms with Crippen LogP contribution in [0.5, 0.6) is 5.75 Å². The molecule has 1 aliphatic carbocycles. The summed E-state index contributed by atoms with van der Waals surface area (Å²) in [5.74, 6) is 2.61. The van der Waals surface area contributed by atoms with Crippen molar-refractivity contribution in [2.75, 3.05) is 6.61 Å². The van der Waals surface area contributed by atoms with Crippen molar-refractivity contribution >= 4 is 39.2 Å². The van der Waals surface area contributed by atoms with Gasteiger partial charge in [0.1, 0.15) is 5.75 Å². The summed E-state index contributed by atoms with van der Waals surface area (Å²) in [6, 6.07) is 6.84. The SMILES string of the molecule is CCCCCCCCC1CCC(c2ccc(OCCC[Si](Cl)(Cl)Cl)cc2)CC1. The minimum Gasteiger partial charge on any atom is -0.494 e. The summed E-state index contributed by atoms with van der Waals surface area (Å²) in [5.41, 5.74) is 1.47. The molecule has 5 heteroatoms. The van der Waals surface area contributed by atoms with Crippen molar-refractivity contribution in [3.8, 4) is 5.75 Å². The highest BCUT2D eigenvalue weighted by Gasteiger charge is 2.24. The Morgan fingerprint density at radius 1 is 0.857 bits per heavy atom. The highest BCUT2D eigenvalue weighted by Crippen LogP contribution is 2.38. The zero-order valence-electron chi connectivity index (χ0n) is 17.4. The van der Waals surface area contributed by atoms with E-state index in [2.05, 4.69) is 31.2 Å². The molecular formula is C23H37Cl3OSi. The molecule has 2 rings (SSSR count). The Hall–Kier alpha value is 0.107. The Morgan fingerprint density at radius 3 is 2.14 bits per heavy atom. The molecule has 1 aromatic carbocycles. The summed E-state index contributed by atoms with van der Waals surface area (Å²) >= 11 is 17.7. The molecule has 0 spiro atoms.